The molecule has 0 bridgehead atoms. The lowest BCUT2D eigenvalue weighted by molar-refractivity contribution is -0.120. The third-order valence-electron chi connectivity index (χ3n) is 5.41. The van der Waals surface area contributed by atoms with Crippen LogP contribution in [0.3, 0.4) is 0 Å². The van der Waals surface area contributed by atoms with Crippen LogP contribution in [-0.2, 0) is 14.8 Å². The van der Waals surface area contributed by atoms with Crippen LogP contribution < -0.4 is 14.8 Å². The van der Waals surface area contributed by atoms with Crippen LogP contribution in [0.5, 0.6) is 11.5 Å². The second-order valence-corrected chi connectivity index (χ2v) is 9.66. The highest BCUT2D eigenvalue weighted by atomic mass is 32.2. The summed E-state index contributed by atoms with van der Waals surface area (Å²) in [6.07, 6.45) is 4.01. The highest BCUT2D eigenvalue weighted by molar-refractivity contribution is 7.89. The molecule has 30 heavy (non-hydrogen) atoms. The molecule has 3 heterocycles. The van der Waals surface area contributed by atoms with Gasteiger partial charge in [-0.2, -0.15) is 4.31 Å². The number of carbonyl (C=O) groups is 1. The van der Waals surface area contributed by atoms with Crippen molar-refractivity contribution in [1.82, 2.24) is 13.9 Å². The van der Waals surface area contributed by atoms with Crippen molar-refractivity contribution in [3.63, 3.8) is 0 Å². The lowest BCUT2D eigenvalue weighted by atomic mass is 9.97. The predicted octanol–water partition coefficient (Wildman–Crippen LogP) is 2.27. The molecule has 2 aliphatic heterocycles. The Labute approximate surface area is 176 Å². The number of carbonyl (C=O) groups excluding carboxylic acids is 1. The van der Waals surface area contributed by atoms with Gasteiger partial charge in [-0.15, -0.1) is 0 Å². The summed E-state index contributed by atoms with van der Waals surface area (Å²) >= 11 is 0. The Bertz CT molecular complexity index is 1030. The van der Waals surface area contributed by atoms with E-state index in [0.29, 0.717) is 43.2 Å². The molecule has 2 aromatic rings. The molecule has 1 N–H and O–H groups in total. The van der Waals surface area contributed by atoms with Crippen LogP contribution in [0.2, 0.25) is 0 Å². The second kappa shape index (κ2) is 8.27. The minimum absolute atomic E-state index is 0.0513. The van der Waals surface area contributed by atoms with Gasteiger partial charge in [-0.3, -0.25) is 4.79 Å². The van der Waals surface area contributed by atoms with E-state index < -0.39 is 10.0 Å². The topological polar surface area (TPSA) is 103 Å². The standard InChI is InChI=1S/C20H26N4O5S/c1-14(2)23-12-19(21-13-23)30(26,27)24-7-5-15(6-8-24)20(25)22-16-3-4-17-18(11-16)29-10-9-28-17/h3-4,11-15H,5-10H2,1-2H3,(H,22,25). The number of benzene rings is 1. The van der Waals surface area contributed by atoms with E-state index in [9.17, 15) is 13.2 Å². The highest BCUT2D eigenvalue weighted by Crippen LogP contribution is 2.33. The number of hydrogen-bond donors (Lipinski definition) is 1. The number of hydrogen-bond acceptors (Lipinski definition) is 6. The van der Waals surface area contributed by atoms with E-state index in [2.05, 4.69) is 10.3 Å². The predicted molar refractivity (Wildman–Crippen MR) is 110 cm³/mol. The molecular weight excluding hydrogens is 408 g/mol. The second-order valence-electron chi connectivity index (χ2n) is 7.78. The molecular formula is C20H26N4O5S. The van der Waals surface area contributed by atoms with Gasteiger partial charge >= 0.3 is 0 Å². The lowest BCUT2D eigenvalue weighted by Gasteiger charge is -2.30. The van der Waals surface area contributed by atoms with Crippen LogP contribution >= 0.6 is 0 Å². The fraction of sp³-hybridized carbons (Fsp3) is 0.500. The fourth-order valence-electron chi connectivity index (χ4n) is 3.59. The number of nitrogens with one attached hydrogen (secondary N) is 1. The van der Waals surface area contributed by atoms with E-state index in [1.807, 2.05) is 13.8 Å². The molecule has 1 aromatic heterocycles. The van der Waals surface area contributed by atoms with Gasteiger partial charge in [-0.1, -0.05) is 0 Å². The maximum Gasteiger partial charge on any atom is 0.262 e. The van der Waals surface area contributed by atoms with Gasteiger partial charge in [-0.25, -0.2) is 13.4 Å². The average molecular weight is 435 g/mol. The molecule has 2 aliphatic rings. The van der Waals surface area contributed by atoms with Crippen molar-refractivity contribution in [2.24, 2.45) is 5.92 Å². The van der Waals surface area contributed by atoms with Crippen molar-refractivity contribution in [1.29, 1.82) is 0 Å². The summed E-state index contributed by atoms with van der Waals surface area (Å²) in [5.74, 6) is 0.907. The van der Waals surface area contributed by atoms with Crippen LogP contribution in [0.15, 0.2) is 35.7 Å². The number of amides is 1. The first kappa shape index (κ1) is 20.7. The summed E-state index contributed by atoms with van der Waals surface area (Å²) in [6, 6.07) is 5.43. The highest BCUT2D eigenvalue weighted by Gasteiger charge is 2.33. The van der Waals surface area contributed by atoms with Crippen LogP contribution in [0.1, 0.15) is 32.7 Å². The maximum atomic E-state index is 12.9. The van der Waals surface area contributed by atoms with Gasteiger partial charge in [0.15, 0.2) is 16.5 Å². The minimum Gasteiger partial charge on any atom is -0.486 e. The molecule has 1 aromatic carbocycles. The lowest BCUT2D eigenvalue weighted by Crippen LogP contribution is -2.41. The number of aromatic nitrogens is 2. The van der Waals surface area contributed by atoms with Gasteiger partial charge in [-0.05, 0) is 38.8 Å². The normalized spacial score (nSPS) is 17.8. The summed E-state index contributed by atoms with van der Waals surface area (Å²) in [6.45, 7) is 5.49. The summed E-state index contributed by atoms with van der Waals surface area (Å²) in [5, 5.41) is 2.96. The first-order valence-electron chi connectivity index (χ1n) is 10.1. The molecule has 0 aliphatic carbocycles. The average Bonchev–Trinajstić information content (AvgIpc) is 3.25. The Balaban J connectivity index is 1.36. The first-order chi connectivity index (χ1) is 14.3. The quantitative estimate of drug-likeness (QED) is 0.775. The van der Waals surface area contributed by atoms with Gasteiger partial charge in [0.2, 0.25) is 5.91 Å². The van der Waals surface area contributed by atoms with Gasteiger partial charge in [0.05, 0.1) is 6.33 Å². The van der Waals surface area contributed by atoms with Crippen molar-refractivity contribution >= 4 is 21.6 Å². The molecule has 1 fully saturated rings. The van der Waals surface area contributed by atoms with Crippen molar-refractivity contribution in [2.75, 3.05) is 31.6 Å². The zero-order valence-corrected chi connectivity index (χ0v) is 17.9. The van der Waals surface area contributed by atoms with Crippen molar-refractivity contribution in [3.05, 3.63) is 30.7 Å². The summed E-state index contributed by atoms with van der Waals surface area (Å²) in [5.41, 5.74) is 0.638. The van der Waals surface area contributed by atoms with Crippen molar-refractivity contribution < 1.29 is 22.7 Å². The number of piperidine rings is 1. The number of rotatable bonds is 5. The molecule has 0 radical (unpaired) electrons. The fourth-order valence-corrected chi connectivity index (χ4v) is 4.98. The van der Waals surface area contributed by atoms with Gasteiger partial charge in [0.1, 0.15) is 13.2 Å². The molecule has 0 atom stereocenters. The molecule has 162 valence electrons. The molecule has 0 saturated carbocycles. The van der Waals surface area contributed by atoms with E-state index in [-0.39, 0.29) is 36.0 Å². The smallest absolute Gasteiger partial charge is 0.262 e. The largest absolute Gasteiger partial charge is 0.486 e. The van der Waals surface area contributed by atoms with Crippen LogP contribution in [0.4, 0.5) is 5.69 Å². The van der Waals surface area contributed by atoms with E-state index >= 15 is 0 Å². The van der Waals surface area contributed by atoms with Crippen molar-refractivity contribution in [3.8, 4) is 11.5 Å². The van der Waals surface area contributed by atoms with Gasteiger partial charge in [0.25, 0.3) is 10.0 Å². The number of imidazole rings is 1. The van der Waals surface area contributed by atoms with E-state index in [1.54, 1.807) is 29.0 Å². The Morgan fingerprint density at radius 3 is 2.53 bits per heavy atom. The van der Waals surface area contributed by atoms with Crippen LogP contribution in [0.25, 0.3) is 0 Å². The van der Waals surface area contributed by atoms with Crippen molar-refractivity contribution in [2.45, 2.75) is 37.8 Å². The Morgan fingerprint density at radius 2 is 1.87 bits per heavy atom. The maximum absolute atomic E-state index is 12.9. The zero-order valence-electron chi connectivity index (χ0n) is 17.1. The summed E-state index contributed by atoms with van der Waals surface area (Å²) in [4.78, 5) is 16.7. The zero-order chi connectivity index (χ0) is 21.3. The molecule has 10 heteroatoms. The number of sulfonamides is 1. The monoisotopic (exact) mass is 434 g/mol. The van der Waals surface area contributed by atoms with E-state index in [4.69, 9.17) is 9.47 Å². The third kappa shape index (κ3) is 4.15. The SMILES string of the molecule is CC(C)n1cnc(S(=O)(=O)N2CCC(C(=O)Nc3ccc4c(c3)OCCO4)CC2)c1. The minimum atomic E-state index is -3.65. The van der Waals surface area contributed by atoms with Gasteiger partial charge in [0, 0.05) is 43.0 Å². The molecule has 9 nitrogen and oxygen atoms in total. The molecule has 0 spiro atoms. The van der Waals surface area contributed by atoms with Gasteiger partial charge < -0.3 is 19.4 Å². The van der Waals surface area contributed by atoms with E-state index in [1.165, 1.54) is 10.6 Å². The Morgan fingerprint density at radius 1 is 1.17 bits per heavy atom. The number of anilines is 1. The molecule has 1 saturated heterocycles. The summed E-state index contributed by atoms with van der Waals surface area (Å²) in [7, 11) is -3.65. The van der Waals surface area contributed by atoms with Crippen LogP contribution in [-0.4, -0.2) is 54.5 Å². The number of nitrogens with zero attached hydrogens (tertiary/aromatic N) is 3. The first-order valence-corrected chi connectivity index (χ1v) is 11.5. The molecule has 0 unspecified atom stereocenters. The van der Waals surface area contributed by atoms with Crippen LogP contribution in [0, 0.1) is 5.92 Å². The Hall–Kier alpha value is -2.59. The Kier molecular flexibility index (Phi) is 5.70. The molecule has 4 rings (SSSR count). The molecule has 1 amide bonds. The summed E-state index contributed by atoms with van der Waals surface area (Å²) < 4.78 is 39.9. The number of ether oxygens (including phenoxy) is 2. The van der Waals surface area contributed by atoms with E-state index in [0.717, 1.165) is 0 Å². The third-order valence-corrected chi connectivity index (χ3v) is 7.20. The number of fused-ring (bicyclic) bond motifs is 1.